The highest BCUT2D eigenvalue weighted by molar-refractivity contribution is 7.20. The van der Waals surface area contributed by atoms with Crippen LogP contribution in [-0.4, -0.2) is 42.2 Å². The molecule has 0 unspecified atom stereocenters. The van der Waals surface area contributed by atoms with Gasteiger partial charge in [-0.3, -0.25) is 4.79 Å². The van der Waals surface area contributed by atoms with Crippen molar-refractivity contribution in [3.63, 3.8) is 0 Å². The van der Waals surface area contributed by atoms with E-state index >= 15 is 0 Å². The Morgan fingerprint density at radius 1 is 0.680 bits per heavy atom. The molecule has 0 N–H and O–H groups in total. The Labute approximate surface area is 309 Å². The smallest absolute Gasteiger partial charge is 0.201 e. The lowest BCUT2D eigenvalue weighted by atomic mass is 9.87. The Bertz CT molecular complexity index is 1780. The van der Waals surface area contributed by atoms with Crippen molar-refractivity contribution in [2.75, 3.05) is 31.1 Å². The van der Waals surface area contributed by atoms with Gasteiger partial charge in [0.1, 0.15) is 13.1 Å². The van der Waals surface area contributed by atoms with Gasteiger partial charge < -0.3 is 10.0 Å². The highest BCUT2D eigenvalue weighted by Gasteiger charge is 2.31. The fourth-order valence-corrected chi connectivity index (χ4v) is 9.45. The Balaban J connectivity index is 1.38. The Morgan fingerprint density at radius 3 is 1.90 bits per heavy atom. The second kappa shape index (κ2) is 19.6. The molecule has 0 bridgehead atoms. The van der Waals surface area contributed by atoms with Crippen LogP contribution in [0.3, 0.4) is 0 Å². The first-order chi connectivity index (χ1) is 24.5. The molecule has 6 heteroatoms. The minimum absolute atomic E-state index is 0.101. The summed E-state index contributed by atoms with van der Waals surface area (Å²) >= 11 is 3.18. The highest BCUT2D eigenvalue weighted by Crippen LogP contribution is 2.41. The van der Waals surface area contributed by atoms with E-state index < -0.39 is 0 Å². The summed E-state index contributed by atoms with van der Waals surface area (Å²) in [5.41, 5.74) is 4.35. The number of hydrogen-bond acceptors (Lipinski definition) is 5. The van der Waals surface area contributed by atoms with E-state index in [0.29, 0.717) is 11.1 Å². The number of benzene rings is 1. The average Bonchev–Trinajstić information content (AvgIpc) is 3.73. The fourth-order valence-electron chi connectivity index (χ4n) is 7.18. The molecule has 3 aromatic rings. The molecule has 2 aromatic heterocycles. The van der Waals surface area contributed by atoms with Gasteiger partial charge in [0.2, 0.25) is 5.71 Å². The van der Waals surface area contributed by atoms with E-state index in [0.717, 1.165) is 55.8 Å². The lowest BCUT2D eigenvalue weighted by molar-refractivity contribution is -0.527. The number of allylic oxidation sites excluding steroid dienone is 3. The molecule has 0 saturated carbocycles. The molecule has 0 atom stereocenters. The number of unbranched alkanes of at least 4 members (excludes halogenated alkanes) is 12. The summed E-state index contributed by atoms with van der Waals surface area (Å²) in [7, 11) is 0. The lowest BCUT2D eigenvalue weighted by Crippen LogP contribution is -2.31. The number of carbonyl (C=O) groups excluding carboxylic acids is 1. The van der Waals surface area contributed by atoms with Crippen LogP contribution >= 0.6 is 22.7 Å². The maximum atomic E-state index is 13.7. The molecule has 4 nitrogen and oxygen atoms in total. The van der Waals surface area contributed by atoms with Crippen molar-refractivity contribution in [3.8, 4) is 0 Å². The quantitative estimate of drug-likeness (QED) is 0.0770. The van der Waals surface area contributed by atoms with E-state index in [2.05, 4.69) is 73.6 Å². The Hall–Kier alpha value is -2.96. The van der Waals surface area contributed by atoms with Gasteiger partial charge in [-0.15, -0.1) is 22.7 Å². The zero-order valence-electron chi connectivity index (χ0n) is 31.3. The van der Waals surface area contributed by atoms with Crippen molar-refractivity contribution in [1.29, 1.82) is 0 Å². The molecule has 2 heterocycles. The molecule has 2 aliphatic rings. The van der Waals surface area contributed by atoms with E-state index in [1.165, 1.54) is 114 Å². The second-order valence-corrected chi connectivity index (χ2v) is 16.5. The fraction of sp³-hybridized carbons (Fsp3) is 0.545. The molecule has 0 saturated heterocycles. The first-order valence-electron chi connectivity index (χ1n) is 19.9. The number of anilines is 1. The minimum atomic E-state index is -0.101. The molecule has 2 aliphatic carbocycles. The van der Waals surface area contributed by atoms with E-state index in [1.54, 1.807) is 22.7 Å². The summed E-state index contributed by atoms with van der Waals surface area (Å²) in [5.74, 6) is -0.203. The summed E-state index contributed by atoms with van der Waals surface area (Å²) < 4.78 is 5.65. The lowest BCUT2D eigenvalue weighted by Gasteiger charge is -2.29. The van der Waals surface area contributed by atoms with E-state index in [-0.39, 0.29) is 11.5 Å². The Morgan fingerprint density at radius 2 is 1.30 bits per heavy atom. The molecular formula is C44H60N2O2S2. The van der Waals surface area contributed by atoms with E-state index in [9.17, 15) is 9.90 Å². The van der Waals surface area contributed by atoms with E-state index in [4.69, 9.17) is 0 Å². The predicted molar refractivity (Wildman–Crippen MR) is 218 cm³/mol. The molecule has 1 aromatic carbocycles. The van der Waals surface area contributed by atoms with Crippen LogP contribution in [-0.2, 0) is 4.79 Å². The number of rotatable bonds is 22. The zero-order valence-corrected chi connectivity index (χ0v) is 32.9. The third kappa shape index (κ3) is 9.67. The van der Waals surface area contributed by atoms with Crippen LogP contribution in [0.5, 0.6) is 0 Å². The second-order valence-electron chi connectivity index (χ2n) is 14.3. The number of thiophene rings is 2. The molecular weight excluding hydrogens is 653 g/mol. The van der Waals surface area contributed by atoms with Gasteiger partial charge >= 0.3 is 0 Å². The van der Waals surface area contributed by atoms with Gasteiger partial charge in [-0.05, 0) is 67.0 Å². The van der Waals surface area contributed by atoms with Crippen LogP contribution in [0.2, 0.25) is 0 Å². The maximum absolute atomic E-state index is 13.7. The van der Waals surface area contributed by atoms with Gasteiger partial charge in [0, 0.05) is 73.6 Å². The number of nitrogens with zero attached hydrogens (tertiary/aromatic N) is 2. The number of carbonyl (C=O) groups is 1. The first-order valence-corrected chi connectivity index (χ1v) is 21.5. The van der Waals surface area contributed by atoms with Crippen LogP contribution in [0.1, 0.15) is 141 Å². The van der Waals surface area contributed by atoms with Crippen LogP contribution in [0, 0.1) is 0 Å². The number of Topliss-reactive ketones (excluding diaryl/α,β-unsaturated/α-hetero) is 1. The average molecular weight is 713 g/mol. The van der Waals surface area contributed by atoms with Gasteiger partial charge in [-0.1, -0.05) is 104 Å². The normalized spacial score (nSPS) is 15.1. The van der Waals surface area contributed by atoms with E-state index in [1.807, 2.05) is 12.1 Å². The van der Waals surface area contributed by atoms with Gasteiger partial charge in [0.15, 0.2) is 5.78 Å². The van der Waals surface area contributed by atoms with Crippen molar-refractivity contribution in [3.05, 3.63) is 61.7 Å². The first kappa shape index (κ1) is 38.3. The predicted octanol–water partition coefficient (Wildman–Crippen LogP) is 9.86. The summed E-state index contributed by atoms with van der Waals surface area (Å²) in [6.07, 6.45) is 26.8. The zero-order chi connectivity index (χ0) is 35.3. The largest absolute Gasteiger partial charge is 0.871 e. The Kier molecular flexibility index (Phi) is 15.0. The molecule has 0 spiro atoms. The van der Waals surface area contributed by atoms with Crippen LogP contribution in [0.4, 0.5) is 5.69 Å². The van der Waals surface area contributed by atoms with Gasteiger partial charge in [-0.2, -0.15) is 0 Å². The van der Waals surface area contributed by atoms with Gasteiger partial charge in [-0.25, -0.2) is 4.58 Å². The van der Waals surface area contributed by atoms with Crippen LogP contribution in [0.25, 0.3) is 33.4 Å². The minimum Gasteiger partial charge on any atom is -0.871 e. The molecule has 0 amide bonds. The maximum Gasteiger partial charge on any atom is 0.201 e. The third-order valence-corrected chi connectivity index (χ3v) is 12.5. The van der Waals surface area contributed by atoms with Gasteiger partial charge in [0.05, 0.1) is 0 Å². The topological polar surface area (TPSA) is 46.4 Å². The van der Waals surface area contributed by atoms with Crippen molar-refractivity contribution >= 4 is 73.2 Å². The van der Waals surface area contributed by atoms with Crippen LogP contribution < -0.4 is 19.1 Å². The molecule has 0 fully saturated rings. The summed E-state index contributed by atoms with van der Waals surface area (Å²) in [6.45, 7) is 13.4. The third-order valence-electron chi connectivity index (χ3n) is 10.3. The van der Waals surface area contributed by atoms with Crippen molar-refractivity contribution in [2.45, 2.75) is 130 Å². The summed E-state index contributed by atoms with van der Waals surface area (Å²) in [6, 6.07) is 10.8. The molecule has 270 valence electrons. The standard InChI is InChI=1S/C44H60N2O2S2/c1-5-9-13-17-25-45(26-18-14-10-6-2)35-23-21-33-29-39(49-37(33)31-35)41-43(47)42(44(41)48)40-30-34-22-24-36(32-38(34)50-40)46(27-19-15-11-7-3)28-20-16-12-8-4/h21-24,29-32H,5-20,25-28H2,1-4H3. The van der Waals surface area contributed by atoms with Crippen molar-refractivity contribution < 1.29 is 14.5 Å². The highest BCUT2D eigenvalue weighted by atomic mass is 32.1. The molecule has 0 aliphatic heterocycles. The van der Waals surface area contributed by atoms with Crippen LogP contribution in [0.15, 0.2) is 42.2 Å². The number of fused-ring (bicyclic) bond motifs is 2. The molecule has 0 radical (unpaired) electrons. The SMILES string of the molecule is CCCCCCN(CCCCCC)c1ccc2cc(C3=C([O-])/C(=c4\cc5c(s4)=CC(=[N+](CCCCCC)CCCCCC)C=C5)C3=O)sc2c1. The number of ketones is 1. The summed E-state index contributed by atoms with van der Waals surface area (Å²) in [5, 5.41) is 14.8. The monoisotopic (exact) mass is 712 g/mol. The number of hydrogen-bond donors (Lipinski definition) is 0. The van der Waals surface area contributed by atoms with Crippen molar-refractivity contribution in [2.24, 2.45) is 0 Å². The summed E-state index contributed by atoms with van der Waals surface area (Å²) in [4.78, 5) is 17.0. The van der Waals surface area contributed by atoms with Crippen molar-refractivity contribution in [1.82, 2.24) is 0 Å². The molecule has 5 rings (SSSR count). The van der Waals surface area contributed by atoms with Gasteiger partial charge in [0.25, 0.3) is 0 Å². The molecule has 50 heavy (non-hydrogen) atoms.